The lowest BCUT2D eigenvalue weighted by Gasteiger charge is -2.08. The zero-order valence-electron chi connectivity index (χ0n) is 8.08. The highest BCUT2D eigenvalue weighted by molar-refractivity contribution is 5.19. The highest BCUT2D eigenvalue weighted by Crippen LogP contribution is 2.03. The number of allylic oxidation sites excluding steroid dienone is 4. The Labute approximate surface area is 74.8 Å². The molecule has 0 spiro atoms. The molecule has 12 heavy (non-hydrogen) atoms. The van der Waals surface area contributed by atoms with Crippen molar-refractivity contribution in [3.05, 3.63) is 36.6 Å². The van der Waals surface area contributed by atoms with Crippen LogP contribution in [0.1, 0.15) is 13.3 Å². The summed E-state index contributed by atoms with van der Waals surface area (Å²) in [4.78, 5) is 4.92. The molecule has 0 saturated heterocycles. The van der Waals surface area contributed by atoms with E-state index >= 15 is 0 Å². The number of hydrogen-bond acceptors (Lipinski definition) is 2. The molecule has 68 valence electrons. The summed E-state index contributed by atoms with van der Waals surface area (Å²) in [5, 5.41) is 1.65. The molecule has 0 heterocycles. The van der Waals surface area contributed by atoms with Crippen molar-refractivity contribution in [2.75, 3.05) is 14.2 Å². The van der Waals surface area contributed by atoms with Crippen LogP contribution in [-0.2, 0) is 4.84 Å². The van der Waals surface area contributed by atoms with Crippen LogP contribution in [0.5, 0.6) is 0 Å². The Balaban J connectivity index is 4.01. The Morgan fingerprint density at radius 3 is 2.67 bits per heavy atom. The van der Waals surface area contributed by atoms with Crippen LogP contribution in [0.25, 0.3) is 0 Å². The van der Waals surface area contributed by atoms with E-state index in [1.54, 1.807) is 12.2 Å². The molecule has 0 bridgehead atoms. The second-order valence-corrected chi connectivity index (χ2v) is 2.40. The third-order valence-electron chi connectivity index (χ3n) is 1.54. The van der Waals surface area contributed by atoms with Gasteiger partial charge in [0.05, 0.1) is 7.11 Å². The molecule has 0 fully saturated rings. The van der Waals surface area contributed by atoms with Crippen LogP contribution >= 0.6 is 0 Å². The molecule has 0 atom stereocenters. The Morgan fingerprint density at radius 1 is 1.58 bits per heavy atom. The largest absolute Gasteiger partial charge is 0.278 e. The first-order chi connectivity index (χ1) is 5.74. The van der Waals surface area contributed by atoms with Crippen molar-refractivity contribution in [3.63, 3.8) is 0 Å². The van der Waals surface area contributed by atoms with Crippen molar-refractivity contribution < 1.29 is 4.84 Å². The lowest BCUT2D eigenvalue weighted by Crippen LogP contribution is -2.07. The minimum atomic E-state index is 0.893. The summed E-state index contributed by atoms with van der Waals surface area (Å²) in [6.45, 7) is 5.69. The fourth-order valence-corrected chi connectivity index (χ4v) is 0.710. The highest BCUT2D eigenvalue weighted by atomic mass is 16.7. The minimum Gasteiger partial charge on any atom is -0.278 e. The van der Waals surface area contributed by atoms with Gasteiger partial charge in [-0.15, -0.1) is 6.58 Å². The zero-order chi connectivity index (χ0) is 9.40. The van der Waals surface area contributed by atoms with E-state index in [2.05, 4.69) is 12.7 Å². The Hall–Kier alpha value is -1.02. The quantitative estimate of drug-likeness (QED) is 0.354. The summed E-state index contributed by atoms with van der Waals surface area (Å²) in [6.07, 6.45) is 8.71. The maximum absolute atomic E-state index is 4.92. The predicted octanol–water partition coefficient (Wildman–Crippen LogP) is 2.52. The first-order valence-electron chi connectivity index (χ1n) is 3.95. The van der Waals surface area contributed by atoms with E-state index in [1.807, 2.05) is 32.3 Å². The maximum Gasteiger partial charge on any atom is 0.0638 e. The summed E-state index contributed by atoms with van der Waals surface area (Å²) in [6, 6.07) is 0. The van der Waals surface area contributed by atoms with E-state index < -0.39 is 0 Å². The van der Waals surface area contributed by atoms with Gasteiger partial charge in [-0.2, -0.15) is 0 Å². The normalized spacial score (nSPS) is 12.1. The van der Waals surface area contributed by atoms with E-state index in [0.29, 0.717) is 0 Å². The van der Waals surface area contributed by atoms with Crippen molar-refractivity contribution in [2.24, 2.45) is 0 Å². The van der Waals surface area contributed by atoms with Crippen LogP contribution < -0.4 is 0 Å². The predicted molar refractivity (Wildman–Crippen MR) is 52.5 cm³/mol. The van der Waals surface area contributed by atoms with Crippen molar-refractivity contribution in [2.45, 2.75) is 13.3 Å². The van der Waals surface area contributed by atoms with Crippen molar-refractivity contribution in [1.82, 2.24) is 5.06 Å². The van der Waals surface area contributed by atoms with Gasteiger partial charge in [-0.1, -0.05) is 12.2 Å². The zero-order valence-corrected chi connectivity index (χ0v) is 8.08. The van der Waals surface area contributed by atoms with E-state index in [4.69, 9.17) is 4.84 Å². The van der Waals surface area contributed by atoms with E-state index in [9.17, 15) is 0 Å². The van der Waals surface area contributed by atoms with Crippen LogP contribution in [0.15, 0.2) is 36.6 Å². The molecule has 2 heteroatoms. The Morgan fingerprint density at radius 2 is 2.25 bits per heavy atom. The average molecular weight is 167 g/mol. The van der Waals surface area contributed by atoms with Gasteiger partial charge >= 0.3 is 0 Å². The summed E-state index contributed by atoms with van der Waals surface area (Å²) >= 11 is 0. The molecule has 0 aliphatic heterocycles. The van der Waals surface area contributed by atoms with Gasteiger partial charge in [0.25, 0.3) is 0 Å². The standard InChI is InChI=1S/C10H17NO/c1-5-7-10(6-2)8-9-11(3)12-4/h5-6,8-9H,1,7H2,2-4H3/b9-8-,10-6-. The lowest BCUT2D eigenvalue weighted by molar-refractivity contribution is -0.0645. The van der Waals surface area contributed by atoms with Gasteiger partial charge in [-0.05, 0) is 25.0 Å². The molecule has 0 aromatic heterocycles. The number of rotatable bonds is 5. The SMILES string of the molecule is C=CCC(/C=C\N(C)OC)=C/C. The molecule has 0 unspecified atom stereocenters. The molecule has 0 radical (unpaired) electrons. The summed E-state index contributed by atoms with van der Waals surface area (Å²) in [7, 11) is 3.48. The summed E-state index contributed by atoms with van der Waals surface area (Å²) < 4.78 is 0. The molecule has 0 N–H and O–H groups in total. The third kappa shape index (κ3) is 4.74. The fraction of sp³-hybridized carbons (Fsp3) is 0.400. The van der Waals surface area contributed by atoms with Gasteiger partial charge in [-0.3, -0.25) is 9.90 Å². The number of hydrogen-bond donors (Lipinski definition) is 0. The van der Waals surface area contributed by atoms with E-state index in [1.165, 1.54) is 5.57 Å². The summed E-state index contributed by atoms with van der Waals surface area (Å²) in [5.41, 5.74) is 1.23. The molecule has 0 amide bonds. The van der Waals surface area contributed by atoms with Gasteiger partial charge in [0.15, 0.2) is 0 Å². The Kier molecular flexibility index (Phi) is 6.11. The van der Waals surface area contributed by atoms with E-state index in [-0.39, 0.29) is 0 Å². The average Bonchev–Trinajstić information content (AvgIpc) is 2.11. The molecular formula is C10H17NO. The second-order valence-electron chi connectivity index (χ2n) is 2.40. The Bertz CT molecular complexity index is 182. The monoisotopic (exact) mass is 167 g/mol. The second kappa shape index (κ2) is 6.68. The van der Waals surface area contributed by atoms with Crippen LogP contribution in [0.2, 0.25) is 0 Å². The molecular weight excluding hydrogens is 150 g/mol. The molecule has 0 aliphatic rings. The molecule has 0 aliphatic carbocycles. The van der Waals surface area contributed by atoms with Crippen molar-refractivity contribution in [1.29, 1.82) is 0 Å². The number of nitrogens with zero attached hydrogens (tertiary/aromatic N) is 1. The van der Waals surface area contributed by atoms with Crippen LogP contribution in [0, 0.1) is 0 Å². The van der Waals surface area contributed by atoms with Gasteiger partial charge in [0, 0.05) is 13.2 Å². The maximum atomic E-state index is 4.92. The van der Waals surface area contributed by atoms with Crippen LogP contribution in [0.4, 0.5) is 0 Å². The summed E-state index contributed by atoms with van der Waals surface area (Å²) in [5.74, 6) is 0. The van der Waals surface area contributed by atoms with Gasteiger partial charge in [-0.25, -0.2) is 0 Å². The minimum absolute atomic E-state index is 0.893. The fourth-order valence-electron chi connectivity index (χ4n) is 0.710. The van der Waals surface area contributed by atoms with Gasteiger partial charge in [0.1, 0.15) is 0 Å². The lowest BCUT2D eigenvalue weighted by atomic mass is 10.2. The molecule has 0 saturated carbocycles. The molecule has 2 nitrogen and oxygen atoms in total. The van der Waals surface area contributed by atoms with Crippen molar-refractivity contribution >= 4 is 0 Å². The first-order valence-corrected chi connectivity index (χ1v) is 3.95. The highest BCUT2D eigenvalue weighted by Gasteiger charge is 1.87. The number of hydroxylamine groups is 2. The van der Waals surface area contributed by atoms with Crippen molar-refractivity contribution in [3.8, 4) is 0 Å². The van der Waals surface area contributed by atoms with E-state index in [0.717, 1.165) is 6.42 Å². The first kappa shape index (κ1) is 11.0. The molecule has 0 aromatic carbocycles. The van der Waals surface area contributed by atoms with Gasteiger partial charge < -0.3 is 0 Å². The van der Waals surface area contributed by atoms with Crippen LogP contribution in [-0.4, -0.2) is 19.2 Å². The molecule has 0 aromatic rings. The third-order valence-corrected chi connectivity index (χ3v) is 1.54. The van der Waals surface area contributed by atoms with Crippen LogP contribution in [0.3, 0.4) is 0 Å². The van der Waals surface area contributed by atoms with Gasteiger partial charge in [0.2, 0.25) is 0 Å². The topological polar surface area (TPSA) is 12.5 Å². The molecule has 0 rings (SSSR count). The smallest absolute Gasteiger partial charge is 0.0638 e.